The van der Waals surface area contributed by atoms with Gasteiger partial charge in [-0.05, 0) is 55.2 Å². The number of aryl methyl sites for hydroxylation is 1. The van der Waals surface area contributed by atoms with Crippen molar-refractivity contribution in [3.05, 3.63) is 64.7 Å². The van der Waals surface area contributed by atoms with Gasteiger partial charge in [0.05, 0.1) is 0 Å². The topological polar surface area (TPSA) is 44.4 Å². The minimum absolute atomic E-state index is 0.123. The first kappa shape index (κ1) is 17.8. The van der Waals surface area contributed by atoms with Crippen LogP contribution in [0.3, 0.4) is 0 Å². The van der Waals surface area contributed by atoms with E-state index in [0.29, 0.717) is 0 Å². The minimum atomic E-state index is -0.123. The highest BCUT2D eigenvalue weighted by molar-refractivity contribution is 6.30. The average molecular weight is 358 g/mol. The van der Waals surface area contributed by atoms with Gasteiger partial charge in [-0.15, -0.1) is 0 Å². The molecule has 0 bridgehead atoms. The second-order valence-electron chi connectivity index (χ2n) is 6.64. The molecule has 2 N–H and O–H groups in total. The summed E-state index contributed by atoms with van der Waals surface area (Å²) in [6.45, 7) is 4.91. The van der Waals surface area contributed by atoms with E-state index < -0.39 is 0 Å². The van der Waals surface area contributed by atoms with Crippen LogP contribution in [0.1, 0.15) is 24.0 Å². The Bertz CT molecular complexity index is 709. The second kappa shape index (κ2) is 8.37. The summed E-state index contributed by atoms with van der Waals surface area (Å²) in [5.74, 6) is 0. The second-order valence-corrected chi connectivity index (χ2v) is 7.08. The third-order valence-electron chi connectivity index (χ3n) is 4.52. The Morgan fingerprint density at radius 1 is 1.16 bits per heavy atom. The molecule has 0 spiro atoms. The number of hydrogen-bond donors (Lipinski definition) is 2. The Morgan fingerprint density at radius 2 is 1.88 bits per heavy atom. The highest BCUT2D eigenvalue weighted by Crippen LogP contribution is 2.16. The zero-order valence-corrected chi connectivity index (χ0v) is 15.2. The maximum Gasteiger partial charge on any atom is 0.319 e. The molecule has 0 aromatic heterocycles. The first-order chi connectivity index (χ1) is 12.1. The van der Waals surface area contributed by atoms with Gasteiger partial charge in [0.25, 0.3) is 0 Å². The zero-order chi connectivity index (χ0) is 17.6. The van der Waals surface area contributed by atoms with Gasteiger partial charge in [-0.1, -0.05) is 35.9 Å². The van der Waals surface area contributed by atoms with Crippen LogP contribution in [0.25, 0.3) is 0 Å². The van der Waals surface area contributed by atoms with Gasteiger partial charge in [-0.3, -0.25) is 4.90 Å². The standard InChI is InChI=1S/C20H24ClN3O/c1-15-3-2-4-19(13-15)23-20(25)22-18-9-11-24(12-10-18)14-16-5-7-17(21)8-6-16/h2-8,13,18H,9-12,14H2,1H3,(H2,22,23,25). The van der Waals surface area contributed by atoms with Crippen molar-refractivity contribution in [1.82, 2.24) is 10.2 Å². The highest BCUT2D eigenvalue weighted by atomic mass is 35.5. The highest BCUT2D eigenvalue weighted by Gasteiger charge is 2.20. The van der Waals surface area contributed by atoms with Gasteiger partial charge in [0.1, 0.15) is 0 Å². The van der Waals surface area contributed by atoms with E-state index in [1.165, 1.54) is 5.56 Å². The number of carbonyl (C=O) groups excluding carboxylic acids is 1. The number of nitrogens with zero attached hydrogens (tertiary/aromatic N) is 1. The van der Waals surface area contributed by atoms with Crippen LogP contribution in [0.5, 0.6) is 0 Å². The monoisotopic (exact) mass is 357 g/mol. The number of amides is 2. The number of nitrogens with one attached hydrogen (secondary N) is 2. The SMILES string of the molecule is Cc1cccc(NC(=O)NC2CCN(Cc3ccc(Cl)cc3)CC2)c1. The fraction of sp³-hybridized carbons (Fsp3) is 0.350. The van der Waals surface area contributed by atoms with Gasteiger partial charge in [-0.25, -0.2) is 4.79 Å². The number of rotatable bonds is 4. The molecule has 4 nitrogen and oxygen atoms in total. The number of halogens is 1. The normalized spacial score (nSPS) is 15.8. The lowest BCUT2D eigenvalue weighted by molar-refractivity contribution is 0.190. The van der Waals surface area contributed by atoms with E-state index in [9.17, 15) is 4.79 Å². The van der Waals surface area contributed by atoms with E-state index in [1.54, 1.807) is 0 Å². The fourth-order valence-electron chi connectivity index (χ4n) is 3.16. The Labute approximate surface area is 154 Å². The number of piperidine rings is 1. The van der Waals surface area contributed by atoms with Crippen LogP contribution in [0.2, 0.25) is 5.02 Å². The molecule has 0 saturated carbocycles. The first-order valence-corrected chi connectivity index (χ1v) is 9.07. The lowest BCUT2D eigenvalue weighted by Gasteiger charge is -2.32. The van der Waals surface area contributed by atoms with E-state index in [1.807, 2.05) is 43.3 Å². The molecule has 1 aliphatic heterocycles. The van der Waals surface area contributed by atoms with E-state index in [-0.39, 0.29) is 12.1 Å². The van der Waals surface area contributed by atoms with E-state index >= 15 is 0 Å². The molecule has 25 heavy (non-hydrogen) atoms. The molecule has 2 aromatic carbocycles. The Balaban J connectivity index is 1.42. The van der Waals surface area contributed by atoms with E-state index in [2.05, 4.69) is 27.7 Å². The van der Waals surface area contributed by atoms with Crippen LogP contribution >= 0.6 is 11.6 Å². The molecule has 1 fully saturated rings. The summed E-state index contributed by atoms with van der Waals surface area (Å²) in [6.07, 6.45) is 1.93. The lowest BCUT2D eigenvalue weighted by atomic mass is 10.0. The third kappa shape index (κ3) is 5.48. The molecular formula is C20H24ClN3O. The predicted molar refractivity (Wildman–Crippen MR) is 103 cm³/mol. The van der Waals surface area contributed by atoms with Gasteiger partial charge < -0.3 is 10.6 Å². The summed E-state index contributed by atoms with van der Waals surface area (Å²) in [7, 11) is 0. The predicted octanol–water partition coefficient (Wildman–Crippen LogP) is 4.43. The average Bonchev–Trinajstić information content (AvgIpc) is 2.59. The van der Waals surface area contributed by atoms with Crippen LogP contribution in [-0.2, 0) is 6.54 Å². The minimum Gasteiger partial charge on any atom is -0.335 e. The summed E-state index contributed by atoms with van der Waals surface area (Å²) >= 11 is 5.93. The Kier molecular flexibility index (Phi) is 5.95. The number of urea groups is 1. The molecular weight excluding hydrogens is 334 g/mol. The summed E-state index contributed by atoms with van der Waals surface area (Å²) in [5.41, 5.74) is 3.24. The van der Waals surface area contributed by atoms with E-state index in [4.69, 9.17) is 11.6 Å². The maximum absolute atomic E-state index is 12.1. The van der Waals surface area contributed by atoms with Gasteiger partial charge in [0, 0.05) is 36.4 Å². The molecule has 1 heterocycles. The van der Waals surface area contributed by atoms with Gasteiger partial charge in [0.15, 0.2) is 0 Å². The van der Waals surface area contributed by atoms with Crippen LogP contribution in [0.4, 0.5) is 10.5 Å². The van der Waals surface area contributed by atoms with Crippen molar-refractivity contribution in [2.45, 2.75) is 32.4 Å². The number of anilines is 1. The number of benzene rings is 2. The molecule has 132 valence electrons. The first-order valence-electron chi connectivity index (χ1n) is 8.69. The molecule has 1 aliphatic rings. The van der Waals surface area contributed by atoms with Crippen molar-refractivity contribution < 1.29 is 4.79 Å². The van der Waals surface area contributed by atoms with Crippen molar-refractivity contribution in [1.29, 1.82) is 0 Å². The maximum atomic E-state index is 12.1. The van der Waals surface area contributed by atoms with E-state index in [0.717, 1.165) is 48.7 Å². The summed E-state index contributed by atoms with van der Waals surface area (Å²) < 4.78 is 0. The van der Waals surface area contributed by atoms with Crippen LogP contribution < -0.4 is 10.6 Å². The fourth-order valence-corrected chi connectivity index (χ4v) is 3.28. The molecule has 0 unspecified atom stereocenters. The van der Waals surface area contributed by atoms with Gasteiger partial charge in [0.2, 0.25) is 0 Å². The van der Waals surface area contributed by atoms with Crippen molar-refractivity contribution in [3.8, 4) is 0 Å². The van der Waals surface area contributed by atoms with Crippen molar-refractivity contribution in [3.63, 3.8) is 0 Å². The van der Waals surface area contributed by atoms with Crippen LogP contribution in [0.15, 0.2) is 48.5 Å². The van der Waals surface area contributed by atoms with Crippen LogP contribution in [0, 0.1) is 6.92 Å². The molecule has 3 rings (SSSR count). The molecule has 2 aromatic rings. The smallest absolute Gasteiger partial charge is 0.319 e. The summed E-state index contributed by atoms with van der Waals surface area (Å²) in [4.78, 5) is 14.6. The molecule has 2 amide bonds. The Morgan fingerprint density at radius 3 is 2.56 bits per heavy atom. The molecule has 5 heteroatoms. The number of likely N-dealkylation sites (tertiary alicyclic amines) is 1. The van der Waals surface area contributed by atoms with Crippen LogP contribution in [-0.4, -0.2) is 30.1 Å². The molecule has 0 aliphatic carbocycles. The largest absolute Gasteiger partial charge is 0.335 e. The molecule has 1 saturated heterocycles. The number of hydrogen-bond acceptors (Lipinski definition) is 2. The van der Waals surface area contributed by atoms with Gasteiger partial charge >= 0.3 is 6.03 Å². The van der Waals surface area contributed by atoms with Crippen molar-refractivity contribution in [2.24, 2.45) is 0 Å². The van der Waals surface area contributed by atoms with Crippen molar-refractivity contribution in [2.75, 3.05) is 18.4 Å². The van der Waals surface area contributed by atoms with Crippen molar-refractivity contribution >= 4 is 23.3 Å². The van der Waals surface area contributed by atoms with Gasteiger partial charge in [-0.2, -0.15) is 0 Å². The zero-order valence-electron chi connectivity index (χ0n) is 14.5. The molecule has 0 atom stereocenters. The lowest BCUT2D eigenvalue weighted by Crippen LogP contribution is -2.45. The molecule has 0 radical (unpaired) electrons. The third-order valence-corrected chi connectivity index (χ3v) is 4.77. The summed E-state index contributed by atoms with van der Waals surface area (Å²) in [5, 5.41) is 6.76. The quantitative estimate of drug-likeness (QED) is 0.849. The number of carbonyl (C=O) groups is 1. The Hall–Kier alpha value is -2.04. The summed E-state index contributed by atoms with van der Waals surface area (Å²) in [6, 6.07) is 15.9.